The van der Waals surface area contributed by atoms with Crippen molar-refractivity contribution in [2.24, 2.45) is 0 Å². The Labute approximate surface area is 173 Å². The lowest BCUT2D eigenvalue weighted by Crippen LogP contribution is -2.44. The van der Waals surface area contributed by atoms with Crippen LogP contribution in [0, 0.1) is 0 Å². The molecular weight excluding hydrogens is 386 g/mol. The molecule has 1 aromatic heterocycles. The van der Waals surface area contributed by atoms with Gasteiger partial charge in [0, 0.05) is 16.2 Å². The first-order chi connectivity index (χ1) is 13.9. The minimum absolute atomic E-state index is 0.0219. The van der Waals surface area contributed by atoms with Crippen molar-refractivity contribution in [3.05, 3.63) is 51.2 Å². The predicted octanol–water partition coefficient (Wildman–Crippen LogP) is 4.03. The zero-order valence-electron chi connectivity index (χ0n) is 16.4. The number of carbonyl (C=O) groups excluding carboxylic acids is 3. The van der Waals surface area contributed by atoms with E-state index in [4.69, 9.17) is 4.74 Å². The molecule has 29 heavy (non-hydrogen) atoms. The molecule has 2 heterocycles. The number of hydrogen-bond donors (Lipinski definition) is 0. The highest BCUT2D eigenvalue weighted by molar-refractivity contribution is 7.12. The molecule has 1 atom stereocenters. The Bertz CT molecular complexity index is 1000. The molecule has 0 N–H and O–H groups in total. The van der Waals surface area contributed by atoms with Crippen molar-refractivity contribution in [1.29, 1.82) is 0 Å². The molecule has 1 aromatic carbocycles. The third kappa shape index (κ3) is 3.39. The van der Waals surface area contributed by atoms with Gasteiger partial charge in [0.05, 0.1) is 24.6 Å². The van der Waals surface area contributed by atoms with Crippen LogP contribution in [0.25, 0.3) is 0 Å². The van der Waals surface area contributed by atoms with E-state index < -0.39 is 6.04 Å². The van der Waals surface area contributed by atoms with Crippen LogP contribution in [-0.2, 0) is 28.2 Å². The van der Waals surface area contributed by atoms with Gasteiger partial charge >= 0.3 is 0 Å². The van der Waals surface area contributed by atoms with Gasteiger partial charge in [-0.3, -0.25) is 14.4 Å². The molecule has 1 aliphatic heterocycles. The first-order valence-corrected chi connectivity index (χ1v) is 10.9. The van der Waals surface area contributed by atoms with Gasteiger partial charge in [-0.05, 0) is 48.4 Å². The summed E-state index contributed by atoms with van der Waals surface area (Å²) in [4.78, 5) is 40.1. The van der Waals surface area contributed by atoms with Gasteiger partial charge in [-0.25, -0.2) is 0 Å². The average molecular weight is 410 g/mol. The van der Waals surface area contributed by atoms with E-state index in [2.05, 4.69) is 19.1 Å². The highest BCUT2D eigenvalue weighted by Gasteiger charge is 2.40. The third-order valence-electron chi connectivity index (χ3n) is 6.41. The summed E-state index contributed by atoms with van der Waals surface area (Å²) in [6, 6.07) is 9.76. The second-order valence-electron chi connectivity index (χ2n) is 8.59. The molecular formula is C23H23NO4S. The van der Waals surface area contributed by atoms with E-state index >= 15 is 0 Å². The highest BCUT2D eigenvalue weighted by Crippen LogP contribution is 2.47. The fourth-order valence-electron chi connectivity index (χ4n) is 4.26. The molecule has 0 saturated heterocycles. The second kappa shape index (κ2) is 6.80. The van der Waals surface area contributed by atoms with Gasteiger partial charge in [0.25, 0.3) is 5.91 Å². The number of ether oxygens (including phenoxy) is 1. The number of amides is 1. The second-order valence-corrected chi connectivity index (χ2v) is 9.81. The zero-order valence-corrected chi connectivity index (χ0v) is 17.2. The fraction of sp³-hybridized carbons (Fsp3) is 0.435. The number of ketones is 2. The highest BCUT2D eigenvalue weighted by atomic mass is 32.1. The van der Waals surface area contributed by atoms with Crippen LogP contribution in [0.2, 0.25) is 0 Å². The van der Waals surface area contributed by atoms with Gasteiger partial charge in [0.2, 0.25) is 0 Å². The number of hydrogen-bond acceptors (Lipinski definition) is 5. The van der Waals surface area contributed by atoms with Gasteiger partial charge in [-0.2, -0.15) is 0 Å². The zero-order chi connectivity index (χ0) is 20.2. The van der Waals surface area contributed by atoms with Crippen molar-refractivity contribution >= 4 is 28.8 Å². The van der Waals surface area contributed by atoms with Gasteiger partial charge in [-0.15, -0.1) is 11.3 Å². The maximum Gasteiger partial charge on any atom is 0.256 e. The minimum atomic E-state index is -0.452. The van der Waals surface area contributed by atoms with Crippen LogP contribution in [0.1, 0.15) is 64.7 Å². The summed E-state index contributed by atoms with van der Waals surface area (Å²) in [7, 11) is 0. The Kier molecular flexibility index (Phi) is 4.35. The van der Waals surface area contributed by atoms with Crippen molar-refractivity contribution in [2.75, 3.05) is 0 Å². The van der Waals surface area contributed by atoms with Gasteiger partial charge < -0.3 is 9.64 Å². The van der Waals surface area contributed by atoms with Crippen LogP contribution in [0.3, 0.4) is 0 Å². The number of Topliss-reactive ketones (excluding diaryl/α,β-unsaturated/α-hetero) is 2. The Balaban J connectivity index is 1.22. The normalized spacial score (nSPS) is 22.7. The molecule has 0 bridgehead atoms. The van der Waals surface area contributed by atoms with Crippen molar-refractivity contribution in [1.82, 2.24) is 4.90 Å². The average Bonchev–Trinajstić information content (AvgIpc) is 3.21. The van der Waals surface area contributed by atoms with E-state index in [1.54, 1.807) is 16.2 Å². The maximum atomic E-state index is 12.8. The number of fused-ring (bicyclic) bond motifs is 1. The number of carbonyl (C=O) groups is 3. The molecule has 5 rings (SSSR count). The lowest BCUT2D eigenvalue weighted by Gasteiger charge is -2.29. The van der Waals surface area contributed by atoms with Crippen molar-refractivity contribution < 1.29 is 19.1 Å². The Hall–Kier alpha value is -2.47. The molecule has 2 saturated carbocycles. The first kappa shape index (κ1) is 18.6. The van der Waals surface area contributed by atoms with Crippen LogP contribution < -0.4 is 4.74 Å². The predicted molar refractivity (Wildman–Crippen MR) is 109 cm³/mol. The number of thiophene rings is 1. The molecule has 3 aliphatic rings. The summed E-state index contributed by atoms with van der Waals surface area (Å²) in [5.74, 6) is 0.581. The fourth-order valence-corrected chi connectivity index (χ4v) is 5.33. The van der Waals surface area contributed by atoms with E-state index in [9.17, 15) is 14.4 Å². The van der Waals surface area contributed by atoms with Crippen LogP contribution in [-0.4, -0.2) is 28.4 Å². The van der Waals surface area contributed by atoms with Gasteiger partial charge in [0.15, 0.2) is 5.78 Å². The number of benzene rings is 1. The summed E-state index contributed by atoms with van der Waals surface area (Å²) in [6.07, 6.45) is 3.29. The van der Waals surface area contributed by atoms with Gasteiger partial charge in [-0.1, -0.05) is 19.1 Å². The largest absolute Gasteiger partial charge is 0.488 e. The standard InChI is InChI=1S/C23H23NO4S/c1-23(8-9-23)14-2-5-16(6-3-14)28-13-17-11-18-21(29-17)12-24(22(18)27)19-7-4-15(25)10-20(19)26/h2-3,5-6,11,19H,4,7-10,12-13H2,1H3/t19-/m0/s1. The molecule has 0 spiro atoms. The lowest BCUT2D eigenvalue weighted by molar-refractivity contribution is -0.133. The Morgan fingerprint density at radius 2 is 1.93 bits per heavy atom. The lowest BCUT2D eigenvalue weighted by atomic mass is 9.92. The monoisotopic (exact) mass is 409 g/mol. The summed E-state index contributed by atoms with van der Waals surface area (Å²) in [5.41, 5.74) is 2.40. The molecule has 2 aliphatic carbocycles. The maximum absolute atomic E-state index is 12.8. The summed E-state index contributed by atoms with van der Waals surface area (Å²) < 4.78 is 5.92. The van der Waals surface area contributed by atoms with Gasteiger partial charge in [0.1, 0.15) is 18.1 Å². The van der Waals surface area contributed by atoms with Crippen molar-refractivity contribution in [2.45, 2.75) is 63.6 Å². The molecule has 0 radical (unpaired) electrons. The summed E-state index contributed by atoms with van der Waals surface area (Å²) >= 11 is 1.57. The smallest absolute Gasteiger partial charge is 0.256 e. The molecule has 5 nitrogen and oxygen atoms in total. The van der Waals surface area contributed by atoms with Crippen LogP contribution in [0.5, 0.6) is 5.75 Å². The number of rotatable bonds is 5. The van der Waals surface area contributed by atoms with Crippen LogP contribution >= 0.6 is 11.3 Å². The van der Waals surface area contributed by atoms with Crippen molar-refractivity contribution in [3.8, 4) is 5.75 Å². The van der Waals surface area contributed by atoms with E-state index in [1.807, 2.05) is 18.2 Å². The van der Waals surface area contributed by atoms with E-state index in [0.29, 0.717) is 37.0 Å². The first-order valence-electron chi connectivity index (χ1n) is 10.1. The summed E-state index contributed by atoms with van der Waals surface area (Å²) in [5, 5.41) is 0. The molecule has 2 fully saturated rings. The van der Waals surface area contributed by atoms with Crippen LogP contribution in [0.4, 0.5) is 0 Å². The molecule has 0 unspecified atom stereocenters. The molecule has 150 valence electrons. The van der Waals surface area contributed by atoms with E-state index in [0.717, 1.165) is 15.5 Å². The van der Waals surface area contributed by atoms with Crippen LogP contribution in [0.15, 0.2) is 30.3 Å². The molecule has 2 aromatic rings. The third-order valence-corrected chi connectivity index (χ3v) is 7.51. The van der Waals surface area contributed by atoms with E-state index in [1.165, 1.54) is 18.4 Å². The SMILES string of the molecule is CC1(c2ccc(OCc3cc4c(s3)CN([C@H]3CCC(=O)CC3=O)C4=O)cc2)CC1. The quantitative estimate of drug-likeness (QED) is 0.700. The minimum Gasteiger partial charge on any atom is -0.488 e. The topological polar surface area (TPSA) is 63.7 Å². The molecule has 1 amide bonds. The van der Waals surface area contributed by atoms with E-state index in [-0.39, 0.29) is 23.9 Å². The summed E-state index contributed by atoms with van der Waals surface area (Å²) in [6.45, 7) is 3.17. The number of nitrogens with zero attached hydrogens (tertiary/aromatic N) is 1. The molecule has 6 heteroatoms. The van der Waals surface area contributed by atoms with Crippen molar-refractivity contribution in [3.63, 3.8) is 0 Å². The Morgan fingerprint density at radius 1 is 1.17 bits per heavy atom. The Morgan fingerprint density at radius 3 is 2.59 bits per heavy atom.